The molecule has 2 amide bonds. The van der Waals surface area contributed by atoms with Crippen molar-refractivity contribution in [3.05, 3.63) is 0 Å². The second-order valence-corrected chi connectivity index (χ2v) is 6.16. The van der Waals surface area contributed by atoms with Crippen LogP contribution in [-0.2, 0) is 0 Å². The van der Waals surface area contributed by atoms with E-state index >= 15 is 0 Å². The molecule has 4 nitrogen and oxygen atoms in total. The number of hydrogen-bond acceptors (Lipinski definition) is 2. The molecule has 1 fully saturated rings. The minimum Gasteiger partial charge on any atom is -0.338 e. The largest absolute Gasteiger partial charge is 0.338 e. The number of carbonyl (C=O) groups excluding carboxylic acids is 1. The molecule has 18 heavy (non-hydrogen) atoms. The van der Waals surface area contributed by atoms with Gasteiger partial charge in [-0.05, 0) is 38.1 Å². The van der Waals surface area contributed by atoms with Gasteiger partial charge in [-0.3, -0.25) is 0 Å². The molecule has 1 aliphatic rings. The van der Waals surface area contributed by atoms with Gasteiger partial charge < -0.3 is 15.5 Å². The van der Waals surface area contributed by atoms with Crippen molar-refractivity contribution in [2.75, 3.05) is 26.2 Å². The Hall–Kier alpha value is -0.770. The van der Waals surface area contributed by atoms with Crippen molar-refractivity contribution >= 4 is 6.03 Å². The summed E-state index contributed by atoms with van der Waals surface area (Å²) in [5.74, 6) is 1.29. The number of amides is 2. The lowest BCUT2D eigenvalue weighted by Crippen LogP contribution is -2.48. The van der Waals surface area contributed by atoms with Crippen LogP contribution < -0.4 is 10.6 Å². The normalized spacial score (nSPS) is 22.8. The number of rotatable bonds is 5. The van der Waals surface area contributed by atoms with Crippen LogP contribution in [0.2, 0.25) is 0 Å². The summed E-state index contributed by atoms with van der Waals surface area (Å²) in [4.78, 5) is 14.1. The van der Waals surface area contributed by atoms with E-state index in [1.165, 1.54) is 25.9 Å². The lowest BCUT2D eigenvalue weighted by molar-refractivity contribution is 0.169. The van der Waals surface area contributed by atoms with E-state index in [1.807, 2.05) is 0 Å². The minimum atomic E-state index is -0.0405. The van der Waals surface area contributed by atoms with Gasteiger partial charge in [-0.15, -0.1) is 0 Å². The zero-order chi connectivity index (χ0) is 13.5. The van der Waals surface area contributed by atoms with E-state index in [2.05, 4.69) is 43.2 Å². The summed E-state index contributed by atoms with van der Waals surface area (Å²) in [6.45, 7) is 12.6. The first-order valence-electron chi connectivity index (χ1n) is 7.24. The first-order valence-corrected chi connectivity index (χ1v) is 7.24. The van der Waals surface area contributed by atoms with Crippen molar-refractivity contribution in [3.63, 3.8) is 0 Å². The monoisotopic (exact) mass is 255 g/mol. The topological polar surface area (TPSA) is 44.4 Å². The highest BCUT2D eigenvalue weighted by atomic mass is 16.2. The molecular weight excluding hydrogens is 226 g/mol. The smallest absolute Gasteiger partial charge is 0.315 e. The SMILES string of the molecule is CC(C)CNC(=O)NC(C)CN1CCCC(C)C1. The van der Waals surface area contributed by atoms with E-state index in [0.29, 0.717) is 5.92 Å². The maximum absolute atomic E-state index is 11.6. The van der Waals surface area contributed by atoms with E-state index < -0.39 is 0 Å². The van der Waals surface area contributed by atoms with E-state index in [-0.39, 0.29) is 12.1 Å². The molecule has 0 aliphatic carbocycles. The van der Waals surface area contributed by atoms with Gasteiger partial charge in [0.25, 0.3) is 0 Å². The van der Waals surface area contributed by atoms with Crippen LogP contribution in [0.1, 0.15) is 40.5 Å². The fourth-order valence-electron chi connectivity index (χ4n) is 2.46. The summed E-state index contributed by atoms with van der Waals surface area (Å²) >= 11 is 0. The van der Waals surface area contributed by atoms with Crippen LogP contribution in [0.4, 0.5) is 4.79 Å². The lowest BCUT2D eigenvalue weighted by Gasteiger charge is -2.32. The van der Waals surface area contributed by atoms with Gasteiger partial charge in [0.2, 0.25) is 0 Å². The molecule has 0 spiro atoms. The van der Waals surface area contributed by atoms with Crippen molar-refractivity contribution in [2.24, 2.45) is 11.8 Å². The maximum Gasteiger partial charge on any atom is 0.315 e. The molecule has 0 bridgehead atoms. The molecule has 1 aliphatic heterocycles. The quantitative estimate of drug-likeness (QED) is 0.790. The molecule has 2 unspecified atom stereocenters. The molecule has 4 heteroatoms. The highest BCUT2D eigenvalue weighted by Gasteiger charge is 2.18. The van der Waals surface area contributed by atoms with Crippen LogP contribution >= 0.6 is 0 Å². The number of nitrogens with one attached hydrogen (secondary N) is 2. The summed E-state index contributed by atoms with van der Waals surface area (Å²) < 4.78 is 0. The first kappa shape index (κ1) is 15.3. The summed E-state index contributed by atoms with van der Waals surface area (Å²) in [5.41, 5.74) is 0. The van der Waals surface area contributed by atoms with Crippen molar-refractivity contribution in [1.29, 1.82) is 0 Å². The van der Waals surface area contributed by atoms with Crippen molar-refractivity contribution in [3.8, 4) is 0 Å². The molecule has 2 N–H and O–H groups in total. The van der Waals surface area contributed by atoms with Crippen LogP contribution in [0.3, 0.4) is 0 Å². The zero-order valence-electron chi connectivity index (χ0n) is 12.3. The van der Waals surface area contributed by atoms with Crippen LogP contribution in [0, 0.1) is 11.8 Å². The van der Waals surface area contributed by atoms with E-state index in [0.717, 1.165) is 19.0 Å². The van der Waals surface area contributed by atoms with Gasteiger partial charge in [-0.2, -0.15) is 0 Å². The van der Waals surface area contributed by atoms with Crippen LogP contribution in [0.5, 0.6) is 0 Å². The Morgan fingerprint density at radius 2 is 2.11 bits per heavy atom. The maximum atomic E-state index is 11.6. The minimum absolute atomic E-state index is 0.0405. The van der Waals surface area contributed by atoms with Gasteiger partial charge in [0.05, 0.1) is 0 Å². The highest BCUT2D eigenvalue weighted by molar-refractivity contribution is 5.74. The Morgan fingerprint density at radius 3 is 2.72 bits per heavy atom. The molecule has 0 aromatic carbocycles. The van der Waals surface area contributed by atoms with Gasteiger partial charge in [0.1, 0.15) is 0 Å². The average molecular weight is 255 g/mol. The fourth-order valence-corrected chi connectivity index (χ4v) is 2.46. The molecule has 2 atom stereocenters. The molecule has 106 valence electrons. The third kappa shape index (κ3) is 6.24. The molecule has 0 saturated carbocycles. The third-order valence-electron chi connectivity index (χ3n) is 3.32. The van der Waals surface area contributed by atoms with Crippen LogP contribution in [0.25, 0.3) is 0 Å². The molecule has 0 aromatic heterocycles. The van der Waals surface area contributed by atoms with Crippen LogP contribution in [0.15, 0.2) is 0 Å². The van der Waals surface area contributed by atoms with E-state index in [1.54, 1.807) is 0 Å². The van der Waals surface area contributed by atoms with Gasteiger partial charge in [0, 0.05) is 25.7 Å². The number of likely N-dealkylation sites (tertiary alicyclic amines) is 1. The molecule has 0 aromatic rings. The summed E-state index contributed by atoms with van der Waals surface area (Å²) in [5, 5.41) is 5.90. The number of urea groups is 1. The number of hydrogen-bond donors (Lipinski definition) is 2. The Balaban J connectivity index is 2.19. The summed E-state index contributed by atoms with van der Waals surface area (Å²) in [7, 11) is 0. The Labute approximate surface area is 111 Å². The molecule has 1 saturated heterocycles. The first-order chi connectivity index (χ1) is 8.47. The standard InChI is InChI=1S/C14H29N3O/c1-11(2)8-15-14(18)16-13(4)10-17-7-5-6-12(3)9-17/h11-13H,5-10H2,1-4H3,(H2,15,16,18). The van der Waals surface area contributed by atoms with E-state index in [4.69, 9.17) is 0 Å². The van der Waals surface area contributed by atoms with Crippen molar-refractivity contribution < 1.29 is 4.79 Å². The Bertz CT molecular complexity index is 255. The number of nitrogens with zero attached hydrogens (tertiary/aromatic N) is 1. The predicted molar refractivity (Wildman–Crippen MR) is 75.7 cm³/mol. The lowest BCUT2D eigenvalue weighted by atomic mass is 10.00. The van der Waals surface area contributed by atoms with Crippen molar-refractivity contribution in [2.45, 2.75) is 46.6 Å². The number of piperidine rings is 1. The fraction of sp³-hybridized carbons (Fsp3) is 0.929. The van der Waals surface area contributed by atoms with E-state index in [9.17, 15) is 4.79 Å². The molecule has 1 rings (SSSR count). The summed E-state index contributed by atoms with van der Waals surface area (Å²) in [6, 6.07) is 0.170. The molecular formula is C14H29N3O. The van der Waals surface area contributed by atoms with Gasteiger partial charge in [-0.25, -0.2) is 4.79 Å². The molecule has 0 radical (unpaired) electrons. The van der Waals surface area contributed by atoms with Crippen LogP contribution in [-0.4, -0.2) is 43.2 Å². The van der Waals surface area contributed by atoms with Crippen molar-refractivity contribution in [1.82, 2.24) is 15.5 Å². The second kappa shape index (κ2) is 7.62. The zero-order valence-corrected chi connectivity index (χ0v) is 12.3. The van der Waals surface area contributed by atoms with Gasteiger partial charge in [0.15, 0.2) is 0 Å². The Morgan fingerprint density at radius 1 is 1.39 bits per heavy atom. The second-order valence-electron chi connectivity index (χ2n) is 6.16. The van der Waals surface area contributed by atoms with Gasteiger partial charge in [-0.1, -0.05) is 20.8 Å². The average Bonchev–Trinajstić information content (AvgIpc) is 2.26. The summed E-state index contributed by atoms with van der Waals surface area (Å²) in [6.07, 6.45) is 2.63. The highest BCUT2D eigenvalue weighted by Crippen LogP contribution is 2.15. The number of carbonyl (C=O) groups is 1. The van der Waals surface area contributed by atoms with Gasteiger partial charge >= 0.3 is 6.03 Å². The third-order valence-corrected chi connectivity index (χ3v) is 3.32. The molecule has 1 heterocycles. The Kier molecular flexibility index (Phi) is 6.47. The predicted octanol–water partition coefficient (Wildman–Crippen LogP) is 2.06.